The van der Waals surface area contributed by atoms with Gasteiger partial charge >= 0.3 is 0 Å². The van der Waals surface area contributed by atoms with Gasteiger partial charge in [-0.25, -0.2) is 9.37 Å². The lowest BCUT2D eigenvalue weighted by Gasteiger charge is -2.14. The van der Waals surface area contributed by atoms with E-state index in [-0.39, 0.29) is 5.82 Å². The number of aryl methyl sites for hydroxylation is 1. The number of halogens is 2. The number of hydrogen-bond donors (Lipinski definition) is 1. The minimum absolute atomic E-state index is 0.358. The summed E-state index contributed by atoms with van der Waals surface area (Å²) in [5.41, 5.74) is 10.7. The fourth-order valence-electron chi connectivity index (χ4n) is 2.52. The van der Waals surface area contributed by atoms with E-state index < -0.39 is 0 Å². The van der Waals surface area contributed by atoms with Crippen molar-refractivity contribution in [2.24, 2.45) is 0 Å². The van der Waals surface area contributed by atoms with Crippen molar-refractivity contribution in [1.29, 1.82) is 0 Å². The van der Waals surface area contributed by atoms with Gasteiger partial charge in [0.1, 0.15) is 5.82 Å². The molecule has 0 saturated heterocycles. The third kappa shape index (κ3) is 2.20. The van der Waals surface area contributed by atoms with Crippen LogP contribution in [0.25, 0.3) is 22.2 Å². The summed E-state index contributed by atoms with van der Waals surface area (Å²) < 4.78 is 14.8. The molecule has 3 rings (SSSR count). The molecule has 0 aliphatic carbocycles. The summed E-state index contributed by atoms with van der Waals surface area (Å²) in [7, 11) is 0. The first-order valence-electron chi connectivity index (χ1n) is 6.60. The molecule has 0 radical (unpaired) electrons. The zero-order valence-corrected chi connectivity index (χ0v) is 13.3. The molecule has 0 amide bonds. The maximum Gasteiger partial charge on any atom is 0.148 e. The van der Waals surface area contributed by atoms with Crippen molar-refractivity contribution in [2.45, 2.75) is 13.8 Å². The van der Waals surface area contributed by atoms with Crippen molar-refractivity contribution in [2.75, 3.05) is 5.73 Å². The topological polar surface area (TPSA) is 38.9 Å². The van der Waals surface area contributed by atoms with Crippen LogP contribution in [0.15, 0.2) is 40.9 Å². The number of aromatic nitrogens is 1. The summed E-state index contributed by atoms with van der Waals surface area (Å²) >= 11 is 3.23. The fourth-order valence-corrected chi connectivity index (χ4v) is 3.06. The van der Waals surface area contributed by atoms with Crippen LogP contribution in [0.4, 0.5) is 10.1 Å². The van der Waals surface area contributed by atoms with Gasteiger partial charge < -0.3 is 5.73 Å². The second-order valence-corrected chi connectivity index (χ2v) is 5.93. The van der Waals surface area contributed by atoms with E-state index in [0.29, 0.717) is 21.1 Å². The summed E-state index contributed by atoms with van der Waals surface area (Å²) in [5, 5.41) is 0.388. The standard InChI is InChI=1S/C17H14BrFN2/c1-9-8-12(18)14(19)13-15(20)10(2)17(21-16(9)13)11-6-4-3-5-7-11/h3-8H,1-2H3,(H2,20,21). The predicted octanol–water partition coefficient (Wildman–Crippen LogP) is 5.00. The van der Waals surface area contributed by atoms with Crippen molar-refractivity contribution in [3.8, 4) is 11.3 Å². The van der Waals surface area contributed by atoms with Crippen molar-refractivity contribution >= 4 is 32.5 Å². The van der Waals surface area contributed by atoms with E-state index in [4.69, 9.17) is 5.73 Å². The van der Waals surface area contributed by atoms with E-state index in [9.17, 15) is 4.39 Å². The van der Waals surface area contributed by atoms with Crippen LogP contribution in [0.3, 0.4) is 0 Å². The van der Waals surface area contributed by atoms with Gasteiger partial charge in [-0.3, -0.25) is 0 Å². The molecule has 2 N–H and O–H groups in total. The predicted molar refractivity (Wildman–Crippen MR) is 88.7 cm³/mol. The van der Waals surface area contributed by atoms with Gasteiger partial charge in [0.25, 0.3) is 0 Å². The van der Waals surface area contributed by atoms with Crippen LogP contribution >= 0.6 is 15.9 Å². The van der Waals surface area contributed by atoms with Crippen LogP contribution < -0.4 is 5.73 Å². The lowest BCUT2D eigenvalue weighted by molar-refractivity contribution is 0.633. The number of anilines is 1. The molecule has 0 bridgehead atoms. The number of pyridine rings is 1. The Morgan fingerprint density at radius 3 is 2.48 bits per heavy atom. The second kappa shape index (κ2) is 5.11. The minimum atomic E-state index is -0.358. The van der Waals surface area contributed by atoms with Gasteiger partial charge in [0.15, 0.2) is 0 Å². The van der Waals surface area contributed by atoms with Crippen LogP contribution in [0, 0.1) is 19.7 Å². The molecule has 1 aromatic heterocycles. The maximum absolute atomic E-state index is 14.4. The van der Waals surface area contributed by atoms with E-state index in [1.807, 2.05) is 44.2 Å². The zero-order valence-electron chi connectivity index (χ0n) is 11.7. The number of nitrogen functional groups attached to an aromatic ring is 1. The van der Waals surface area contributed by atoms with Gasteiger partial charge in [-0.05, 0) is 47.0 Å². The summed E-state index contributed by atoms with van der Waals surface area (Å²) in [5.74, 6) is -0.358. The average molecular weight is 345 g/mol. The van der Waals surface area contributed by atoms with Gasteiger partial charge in [0.2, 0.25) is 0 Å². The molecule has 4 heteroatoms. The molecule has 0 aliphatic rings. The Balaban J connectivity index is 2.44. The lowest BCUT2D eigenvalue weighted by atomic mass is 10.0. The van der Waals surface area contributed by atoms with E-state index in [2.05, 4.69) is 20.9 Å². The molecule has 106 valence electrons. The molecular formula is C17H14BrFN2. The van der Waals surface area contributed by atoms with E-state index >= 15 is 0 Å². The van der Waals surface area contributed by atoms with Crippen molar-refractivity contribution in [3.05, 3.63) is 57.8 Å². The summed E-state index contributed by atoms with van der Waals surface area (Å²) in [6.45, 7) is 3.78. The van der Waals surface area contributed by atoms with Crippen LogP contribution in [0.2, 0.25) is 0 Å². The van der Waals surface area contributed by atoms with Gasteiger partial charge in [-0.2, -0.15) is 0 Å². The maximum atomic E-state index is 14.4. The lowest BCUT2D eigenvalue weighted by Crippen LogP contribution is -2.01. The highest BCUT2D eigenvalue weighted by molar-refractivity contribution is 9.10. The van der Waals surface area contributed by atoms with Crippen molar-refractivity contribution < 1.29 is 4.39 Å². The molecule has 1 heterocycles. The van der Waals surface area contributed by atoms with Crippen molar-refractivity contribution in [3.63, 3.8) is 0 Å². The van der Waals surface area contributed by atoms with Gasteiger partial charge in [0, 0.05) is 11.3 Å². The van der Waals surface area contributed by atoms with E-state index in [1.54, 1.807) is 6.07 Å². The molecule has 0 aliphatic heterocycles. The minimum Gasteiger partial charge on any atom is -0.398 e. The molecule has 3 aromatic rings. The molecule has 2 nitrogen and oxygen atoms in total. The molecule has 21 heavy (non-hydrogen) atoms. The summed E-state index contributed by atoms with van der Waals surface area (Å²) in [4.78, 5) is 4.67. The van der Waals surface area contributed by atoms with Crippen LogP contribution in [0.5, 0.6) is 0 Å². The number of fused-ring (bicyclic) bond motifs is 1. The largest absolute Gasteiger partial charge is 0.398 e. The molecular weight excluding hydrogens is 331 g/mol. The molecule has 0 unspecified atom stereocenters. The third-order valence-corrected chi connectivity index (χ3v) is 4.26. The first-order chi connectivity index (χ1) is 10.0. The van der Waals surface area contributed by atoms with E-state index in [1.165, 1.54) is 0 Å². The first kappa shape index (κ1) is 14.0. The summed E-state index contributed by atoms with van der Waals surface area (Å²) in [6, 6.07) is 11.5. The Bertz CT molecular complexity index is 845. The summed E-state index contributed by atoms with van der Waals surface area (Å²) in [6.07, 6.45) is 0. The fraction of sp³-hybridized carbons (Fsp3) is 0.118. The molecule has 0 atom stereocenters. The number of hydrogen-bond acceptors (Lipinski definition) is 2. The van der Waals surface area contributed by atoms with E-state index in [0.717, 1.165) is 22.4 Å². The molecule has 0 spiro atoms. The van der Waals surface area contributed by atoms with Crippen molar-refractivity contribution in [1.82, 2.24) is 4.98 Å². The van der Waals surface area contributed by atoms with Crippen LogP contribution in [-0.2, 0) is 0 Å². The Morgan fingerprint density at radius 2 is 1.81 bits per heavy atom. The molecule has 0 fully saturated rings. The van der Waals surface area contributed by atoms with Crippen LogP contribution in [-0.4, -0.2) is 4.98 Å². The quantitative estimate of drug-likeness (QED) is 0.674. The highest BCUT2D eigenvalue weighted by Crippen LogP contribution is 2.36. The molecule has 0 saturated carbocycles. The Labute approximate surface area is 130 Å². The normalized spacial score (nSPS) is 11.0. The highest BCUT2D eigenvalue weighted by atomic mass is 79.9. The number of rotatable bonds is 1. The first-order valence-corrected chi connectivity index (χ1v) is 7.39. The number of nitrogens with zero attached hydrogens (tertiary/aromatic N) is 1. The zero-order chi connectivity index (χ0) is 15.1. The SMILES string of the molecule is Cc1c(-c2ccccc2)nc2c(C)cc(Br)c(F)c2c1N. The monoisotopic (exact) mass is 344 g/mol. The highest BCUT2D eigenvalue weighted by Gasteiger charge is 2.17. The Kier molecular flexibility index (Phi) is 3.41. The van der Waals surface area contributed by atoms with Crippen LogP contribution in [0.1, 0.15) is 11.1 Å². The molecule has 2 aromatic carbocycles. The number of benzene rings is 2. The Morgan fingerprint density at radius 1 is 1.14 bits per heavy atom. The Hall–Kier alpha value is -1.94. The third-order valence-electron chi connectivity index (χ3n) is 3.68. The van der Waals surface area contributed by atoms with Gasteiger partial charge in [0.05, 0.1) is 21.1 Å². The number of nitrogens with two attached hydrogens (primary N) is 1. The average Bonchev–Trinajstić information content (AvgIpc) is 2.48. The smallest absolute Gasteiger partial charge is 0.148 e. The second-order valence-electron chi connectivity index (χ2n) is 5.08. The van der Waals surface area contributed by atoms with Gasteiger partial charge in [-0.15, -0.1) is 0 Å². The van der Waals surface area contributed by atoms with Gasteiger partial charge in [-0.1, -0.05) is 30.3 Å².